The van der Waals surface area contributed by atoms with Gasteiger partial charge in [-0.15, -0.1) is 0 Å². The summed E-state index contributed by atoms with van der Waals surface area (Å²) < 4.78 is 32.6. The van der Waals surface area contributed by atoms with E-state index in [9.17, 15) is 13.6 Å². The fourth-order valence-corrected chi connectivity index (χ4v) is 4.22. The van der Waals surface area contributed by atoms with Crippen molar-refractivity contribution in [2.24, 2.45) is 5.92 Å². The first kappa shape index (κ1) is 18.2. The van der Waals surface area contributed by atoms with E-state index in [0.717, 1.165) is 43.8 Å². The van der Waals surface area contributed by atoms with Crippen molar-refractivity contribution in [3.63, 3.8) is 0 Å². The number of carbonyl (C=O) groups excluding carboxylic acids is 1. The Labute approximate surface area is 165 Å². The number of fused-ring (bicyclic) bond motifs is 1. The Kier molecular flexibility index (Phi) is 4.51. The summed E-state index contributed by atoms with van der Waals surface area (Å²) in [5.74, 6) is -1.25. The second-order valence-electron chi connectivity index (χ2n) is 7.47. The average molecular weight is 402 g/mol. The predicted octanol–water partition coefficient (Wildman–Crippen LogP) is 1.26. The molecule has 29 heavy (non-hydrogen) atoms. The standard InChI is InChI=1S/C19H20F2N6O2/c20-11-1-2-12(14(21)7-11)17-25-19(29-26-17)13-9-23-27-15(8-16(28)24-18(13)27)10-3-5-22-6-4-10/h1-2,7-8,10,13,18,22-23H,3-6,9H2,(H,24,28). The van der Waals surface area contributed by atoms with Gasteiger partial charge in [-0.25, -0.2) is 14.2 Å². The number of hydrogen-bond donors (Lipinski definition) is 3. The molecule has 2 unspecified atom stereocenters. The molecule has 3 aliphatic rings. The summed E-state index contributed by atoms with van der Waals surface area (Å²) in [6.07, 6.45) is 3.20. The molecule has 1 aromatic heterocycles. The quantitative estimate of drug-likeness (QED) is 0.711. The number of nitrogens with one attached hydrogen (secondary N) is 3. The minimum absolute atomic E-state index is 0.0483. The summed E-state index contributed by atoms with van der Waals surface area (Å²) in [6, 6.07) is 3.20. The lowest BCUT2D eigenvalue weighted by atomic mass is 9.92. The first-order valence-corrected chi connectivity index (χ1v) is 9.65. The maximum atomic E-state index is 14.0. The van der Waals surface area contributed by atoms with Crippen molar-refractivity contribution in [2.75, 3.05) is 19.6 Å². The van der Waals surface area contributed by atoms with Crippen LogP contribution in [-0.2, 0) is 4.79 Å². The lowest BCUT2D eigenvalue weighted by Gasteiger charge is -2.38. The Bertz CT molecular complexity index is 971. The van der Waals surface area contributed by atoms with Gasteiger partial charge in [0.1, 0.15) is 17.8 Å². The number of rotatable bonds is 3. The Morgan fingerprint density at radius 1 is 1.21 bits per heavy atom. The third-order valence-corrected chi connectivity index (χ3v) is 5.68. The largest absolute Gasteiger partial charge is 0.338 e. The van der Waals surface area contributed by atoms with E-state index in [0.29, 0.717) is 12.5 Å². The molecule has 3 aliphatic heterocycles. The number of allylic oxidation sites excluding steroid dienone is 1. The highest BCUT2D eigenvalue weighted by atomic mass is 19.1. The lowest BCUT2D eigenvalue weighted by molar-refractivity contribution is -0.119. The molecule has 4 heterocycles. The van der Waals surface area contributed by atoms with Gasteiger partial charge in [0.05, 0.1) is 11.5 Å². The molecule has 0 spiro atoms. The molecule has 2 aromatic rings. The number of piperidine rings is 1. The second-order valence-corrected chi connectivity index (χ2v) is 7.47. The molecular formula is C19H20F2N6O2. The summed E-state index contributed by atoms with van der Waals surface area (Å²) in [5.41, 5.74) is 4.35. The number of hydrazine groups is 1. The van der Waals surface area contributed by atoms with Crippen LogP contribution < -0.4 is 16.1 Å². The van der Waals surface area contributed by atoms with E-state index in [-0.39, 0.29) is 35.3 Å². The maximum Gasteiger partial charge on any atom is 0.247 e. The molecular weight excluding hydrogens is 382 g/mol. The van der Waals surface area contributed by atoms with Gasteiger partial charge in [0.25, 0.3) is 0 Å². The SMILES string of the molecule is O=C1C=C(C2CCNCC2)N2NCC(c3nc(-c4ccc(F)cc4F)no3)C2N1. The van der Waals surface area contributed by atoms with Crippen molar-refractivity contribution in [2.45, 2.75) is 24.9 Å². The Morgan fingerprint density at radius 2 is 2.03 bits per heavy atom. The van der Waals surface area contributed by atoms with E-state index in [2.05, 4.69) is 26.2 Å². The zero-order valence-corrected chi connectivity index (χ0v) is 15.5. The van der Waals surface area contributed by atoms with Crippen LogP contribution in [0.3, 0.4) is 0 Å². The van der Waals surface area contributed by atoms with Crippen LogP contribution >= 0.6 is 0 Å². The molecule has 5 rings (SSSR count). The minimum atomic E-state index is -0.759. The number of halogens is 2. The smallest absolute Gasteiger partial charge is 0.247 e. The van der Waals surface area contributed by atoms with Gasteiger partial charge in [-0.2, -0.15) is 4.98 Å². The van der Waals surface area contributed by atoms with E-state index in [1.165, 1.54) is 6.07 Å². The van der Waals surface area contributed by atoms with Gasteiger partial charge in [0.2, 0.25) is 17.6 Å². The second kappa shape index (κ2) is 7.20. The van der Waals surface area contributed by atoms with Crippen molar-refractivity contribution < 1.29 is 18.1 Å². The van der Waals surface area contributed by atoms with Crippen molar-refractivity contribution in [3.8, 4) is 11.4 Å². The number of hydrogen-bond acceptors (Lipinski definition) is 7. The van der Waals surface area contributed by atoms with Gasteiger partial charge in [-0.3, -0.25) is 9.80 Å². The highest BCUT2D eigenvalue weighted by Gasteiger charge is 2.44. The van der Waals surface area contributed by atoms with Crippen LogP contribution in [0.5, 0.6) is 0 Å². The van der Waals surface area contributed by atoms with E-state index in [1.54, 1.807) is 6.08 Å². The zero-order chi connectivity index (χ0) is 20.0. The normalized spacial score (nSPS) is 25.0. The zero-order valence-electron chi connectivity index (χ0n) is 15.5. The fraction of sp³-hybridized carbons (Fsp3) is 0.421. The summed E-state index contributed by atoms with van der Waals surface area (Å²) >= 11 is 0. The summed E-state index contributed by atoms with van der Waals surface area (Å²) in [6.45, 7) is 2.32. The van der Waals surface area contributed by atoms with Gasteiger partial charge < -0.3 is 15.2 Å². The molecule has 10 heteroatoms. The van der Waals surface area contributed by atoms with Crippen LogP contribution in [-0.4, -0.2) is 46.9 Å². The maximum absolute atomic E-state index is 14.0. The van der Waals surface area contributed by atoms with Crippen molar-refractivity contribution >= 4 is 5.91 Å². The Balaban J connectivity index is 1.40. The Hall–Kier alpha value is -2.85. The molecule has 0 saturated carbocycles. The number of amides is 1. The van der Waals surface area contributed by atoms with Crippen LogP contribution in [0.15, 0.2) is 34.5 Å². The molecule has 2 saturated heterocycles. The number of benzene rings is 1. The summed E-state index contributed by atoms with van der Waals surface area (Å²) in [5, 5.41) is 12.1. The molecule has 0 radical (unpaired) electrons. The van der Waals surface area contributed by atoms with Crippen molar-refractivity contribution in [1.82, 2.24) is 31.2 Å². The molecule has 1 aromatic carbocycles. The molecule has 2 atom stereocenters. The van der Waals surface area contributed by atoms with E-state index in [4.69, 9.17) is 4.52 Å². The molecule has 3 N–H and O–H groups in total. The van der Waals surface area contributed by atoms with Crippen LogP contribution in [0.2, 0.25) is 0 Å². The van der Waals surface area contributed by atoms with Crippen molar-refractivity contribution in [1.29, 1.82) is 0 Å². The first-order chi connectivity index (χ1) is 14.1. The third kappa shape index (κ3) is 3.28. The fourth-order valence-electron chi connectivity index (χ4n) is 4.22. The van der Waals surface area contributed by atoms with Gasteiger partial charge in [-0.1, -0.05) is 5.16 Å². The van der Waals surface area contributed by atoms with Crippen LogP contribution in [0.1, 0.15) is 24.7 Å². The van der Waals surface area contributed by atoms with Gasteiger partial charge in [0.15, 0.2) is 0 Å². The van der Waals surface area contributed by atoms with Crippen LogP contribution in [0, 0.1) is 17.6 Å². The number of carbonyl (C=O) groups is 1. The van der Waals surface area contributed by atoms with E-state index < -0.39 is 11.6 Å². The van der Waals surface area contributed by atoms with Crippen LogP contribution in [0.4, 0.5) is 8.78 Å². The molecule has 1 amide bonds. The topological polar surface area (TPSA) is 95.3 Å². The predicted molar refractivity (Wildman–Crippen MR) is 97.8 cm³/mol. The lowest BCUT2D eigenvalue weighted by Crippen LogP contribution is -2.53. The molecule has 8 nitrogen and oxygen atoms in total. The number of aromatic nitrogens is 2. The van der Waals surface area contributed by atoms with E-state index in [1.807, 2.05) is 5.01 Å². The molecule has 0 bridgehead atoms. The Morgan fingerprint density at radius 3 is 2.83 bits per heavy atom. The van der Waals surface area contributed by atoms with E-state index >= 15 is 0 Å². The molecule has 152 valence electrons. The highest BCUT2D eigenvalue weighted by molar-refractivity contribution is 5.89. The third-order valence-electron chi connectivity index (χ3n) is 5.68. The van der Waals surface area contributed by atoms with Gasteiger partial charge in [-0.05, 0) is 38.1 Å². The minimum Gasteiger partial charge on any atom is -0.338 e. The van der Waals surface area contributed by atoms with Gasteiger partial charge in [0, 0.05) is 30.3 Å². The average Bonchev–Trinajstić information content (AvgIpc) is 3.35. The summed E-state index contributed by atoms with van der Waals surface area (Å²) in [7, 11) is 0. The van der Waals surface area contributed by atoms with Crippen molar-refractivity contribution in [3.05, 3.63) is 47.5 Å². The first-order valence-electron chi connectivity index (χ1n) is 9.65. The highest BCUT2D eigenvalue weighted by Crippen LogP contribution is 2.35. The number of nitrogens with zero attached hydrogens (tertiary/aromatic N) is 3. The van der Waals surface area contributed by atoms with Gasteiger partial charge >= 0.3 is 0 Å². The molecule has 0 aliphatic carbocycles. The molecule has 2 fully saturated rings. The monoisotopic (exact) mass is 402 g/mol. The summed E-state index contributed by atoms with van der Waals surface area (Å²) in [4.78, 5) is 16.6. The van der Waals surface area contributed by atoms with Crippen LogP contribution in [0.25, 0.3) is 11.4 Å².